The van der Waals surface area contributed by atoms with Crippen LogP contribution < -0.4 is 0 Å². The van der Waals surface area contributed by atoms with Gasteiger partial charge in [-0.2, -0.15) is 0 Å². The van der Waals surface area contributed by atoms with E-state index in [0.29, 0.717) is 0 Å². The lowest BCUT2D eigenvalue weighted by Gasteiger charge is -2.21. The second kappa shape index (κ2) is 4.34. The van der Waals surface area contributed by atoms with Gasteiger partial charge >= 0.3 is 0 Å². The smallest absolute Gasteiger partial charge is 0.247 e. The van der Waals surface area contributed by atoms with Gasteiger partial charge in [-0.1, -0.05) is 0 Å². The lowest BCUT2D eigenvalue weighted by molar-refractivity contribution is 0.0590. The maximum absolute atomic E-state index is 12.6. The molecule has 0 fully saturated rings. The fraction of sp³-hybridized carbons (Fsp3) is 0.500. The molecule has 1 heterocycles. The Balaban J connectivity index is 2.47. The van der Waals surface area contributed by atoms with Crippen LogP contribution in [-0.2, 0) is 16.3 Å². The van der Waals surface area contributed by atoms with Crippen molar-refractivity contribution in [3.63, 3.8) is 0 Å². The van der Waals surface area contributed by atoms with Gasteiger partial charge in [0.1, 0.15) is 0 Å². The van der Waals surface area contributed by atoms with Crippen LogP contribution in [-0.4, -0.2) is 36.9 Å². The monoisotopic (exact) mass is 276 g/mol. The highest BCUT2D eigenvalue weighted by atomic mass is 32.2. The Morgan fingerprint density at radius 3 is 2.61 bits per heavy atom. The number of sulfone groups is 1. The Kier molecular flexibility index (Phi) is 3.14. The Morgan fingerprint density at radius 2 is 2.06 bits per heavy atom. The predicted molar refractivity (Wildman–Crippen MR) is 57.3 cm³/mol. The lowest BCUT2D eigenvalue weighted by Crippen LogP contribution is -2.27. The van der Waals surface area contributed by atoms with Crippen molar-refractivity contribution in [3.05, 3.63) is 17.5 Å². The molecule has 1 aromatic heterocycles. The molecule has 0 N–H and O–H groups in total. The normalized spacial score (nSPS) is 20.0. The van der Waals surface area contributed by atoms with Gasteiger partial charge in [0, 0.05) is 24.8 Å². The van der Waals surface area contributed by atoms with E-state index < -0.39 is 33.1 Å². The molecule has 0 aromatic carbocycles. The van der Waals surface area contributed by atoms with Crippen molar-refractivity contribution in [3.8, 4) is 0 Å². The van der Waals surface area contributed by atoms with E-state index in [-0.39, 0.29) is 24.1 Å². The zero-order valence-electron chi connectivity index (χ0n) is 9.43. The Hall–Kier alpha value is -1.44. The number of hydrogen-bond acceptors (Lipinski definition) is 5. The second-order valence-corrected chi connectivity index (χ2v) is 6.12. The number of rotatable bonds is 2. The molecule has 1 aliphatic rings. The van der Waals surface area contributed by atoms with Gasteiger partial charge < -0.3 is 0 Å². The molecule has 18 heavy (non-hydrogen) atoms. The number of nitrogens with zero attached hydrogens (tertiary/aromatic N) is 2. The van der Waals surface area contributed by atoms with Gasteiger partial charge in [-0.15, -0.1) is 0 Å². The number of Topliss-reactive ketones (excluding diaryl/α,β-unsaturated/α-hetero) is 1. The maximum atomic E-state index is 12.6. The quantitative estimate of drug-likeness (QED) is 0.750. The van der Waals surface area contributed by atoms with E-state index >= 15 is 0 Å². The zero-order valence-corrected chi connectivity index (χ0v) is 10.2. The van der Waals surface area contributed by atoms with Gasteiger partial charge in [0.2, 0.25) is 21.4 Å². The fourth-order valence-corrected chi connectivity index (χ4v) is 2.33. The van der Waals surface area contributed by atoms with Crippen molar-refractivity contribution in [2.45, 2.75) is 24.4 Å². The van der Waals surface area contributed by atoms with Crippen LogP contribution in [0, 0.1) is 5.92 Å². The third-order valence-electron chi connectivity index (χ3n) is 2.74. The highest BCUT2D eigenvalue weighted by molar-refractivity contribution is 7.90. The summed E-state index contributed by atoms with van der Waals surface area (Å²) in [7, 11) is -3.61. The summed E-state index contributed by atoms with van der Waals surface area (Å²) in [6.45, 7) is 0. The molecule has 0 aliphatic heterocycles. The molecule has 0 bridgehead atoms. The number of ketones is 1. The summed E-state index contributed by atoms with van der Waals surface area (Å²) in [6, 6.07) is 0. The standard InChI is InChI=1S/C10H10F2N2O3S/c1-18(16,17)10-13-4-6-7(14-10)2-5(9(11)12)3-8(6)15/h4-5,9H,2-3H2,1H3/t5-/m0/s1. The van der Waals surface area contributed by atoms with Crippen LogP contribution >= 0.6 is 0 Å². The second-order valence-electron chi connectivity index (χ2n) is 4.21. The first kappa shape index (κ1) is 13.0. The molecule has 8 heteroatoms. The number of alkyl halides is 2. The lowest BCUT2D eigenvalue weighted by atomic mass is 9.87. The van der Waals surface area contributed by atoms with E-state index in [1.54, 1.807) is 0 Å². The van der Waals surface area contributed by atoms with Crippen LogP contribution in [0.2, 0.25) is 0 Å². The molecule has 5 nitrogen and oxygen atoms in total. The molecule has 0 amide bonds. The van der Waals surface area contributed by atoms with Gasteiger partial charge in [0.25, 0.3) is 0 Å². The van der Waals surface area contributed by atoms with Gasteiger partial charge in [0.05, 0.1) is 11.3 Å². The zero-order chi connectivity index (χ0) is 13.5. The summed E-state index contributed by atoms with van der Waals surface area (Å²) in [5.41, 5.74) is 0.228. The summed E-state index contributed by atoms with van der Waals surface area (Å²) in [5, 5.41) is -0.441. The van der Waals surface area contributed by atoms with Crippen molar-refractivity contribution in [2.24, 2.45) is 5.92 Å². The van der Waals surface area contributed by atoms with E-state index in [1.165, 1.54) is 0 Å². The number of carbonyl (C=O) groups excluding carboxylic acids is 1. The minimum atomic E-state index is -3.61. The van der Waals surface area contributed by atoms with Crippen LogP contribution in [0.3, 0.4) is 0 Å². The molecule has 1 aromatic rings. The third kappa shape index (κ3) is 2.38. The van der Waals surface area contributed by atoms with Crippen molar-refractivity contribution in [1.29, 1.82) is 0 Å². The fourth-order valence-electron chi connectivity index (χ4n) is 1.81. The van der Waals surface area contributed by atoms with Crippen molar-refractivity contribution in [2.75, 3.05) is 6.26 Å². The minimum Gasteiger partial charge on any atom is -0.294 e. The molecule has 0 saturated heterocycles. The summed E-state index contributed by atoms with van der Waals surface area (Å²) < 4.78 is 47.7. The van der Waals surface area contributed by atoms with Crippen molar-refractivity contribution < 1.29 is 22.0 Å². The topological polar surface area (TPSA) is 77.0 Å². The number of hydrogen-bond donors (Lipinski definition) is 0. The average Bonchev–Trinajstić information content (AvgIpc) is 2.26. The van der Waals surface area contributed by atoms with Crippen molar-refractivity contribution in [1.82, 2.24) is 9.97 Å². The van der Waals surface area contributed by atoms with Crippen LogP contribution in [0.25, 0.3) is 0 Å². The number of halogens is 2. The molecule has 0 spiro atoms. The molecule has 1 atom stereocenters. The first-order chi connectivity index (χ1) is 8.29. The minimum absolute atomic E-state index is 0.0898. The molecular weight excluding hydrogens is 266 g/mol. The molecule has 0 saturated carbocycles. The molecular formula is C10H10F2N2O3S. The highest BCUT2D eigenvalue weighted by Crippen LogP contribution is 2.28. The third-order valence-corrected chi connectivity index (χ3v) is 3.60. The predicted octanol–water partition coefficient (Wildman–Crippen LogP) is 0.890. The first-order valence-electron chi connectivity index (χ1n) is 5.16. The first-order valence-corrected chi connectivity index (χ1v) is 7.05. The van der Waals surface area contributed by atoms with Gasteiger partial charge in [-0.25, -0.2) is 27.2 Å². The molecule has 2 rings (SSSR count). The van der Waals surface area contributed by atoms with E-state index in [0.717, 1.165) is 12.5 Å². The summed E-state index contributed by atoms with van der Waals surface area (Å²) >= 11 is 0. The Bertz CT molecular complexity index is 601. The number of aromatic nitrogens is 2. The largest absolute Gasteiger partial charge is 0.294 e. The highest BCUT2D eigenvalue weighted by Gasteiger charge is 2.32. The van der Waals surface area contributed by atoms with Crippen LogP contribution in [0.4, 0.5) is 8.78 Å². The van der Waals surface area contributed by atoms with Crippen LogP contribution in [0.15, 0.2) is 11.4 Å². The molecule has 1 aliphatic carbocycles. The number of fused-ring (bicyclic) bond motifs is 1. The maximum Gasteiger partial charge on any atom is 0.247 e. The summed E-state index contributed by atoms with van der Waals surface area (Å²) in [6.07, 6.45) is -0.971. The summed E-state index contributed by atoms with van der Waals surface area (Å²) in [5.74, 6) is -1.58. The average molecular weight is 276 g/mol. The van der Waals surface area contributed by atoms with E-state index in [9.17, 15) is 22.0 Å². The van der Waals surface area contributed by atoms with E-state index in [4.69, 9.17) is 0 Å². The molecule has 98 valence electrons. The van der Waals surface area contributed by atoms with E-state index in [1.807, 2.05) is 0 Å². The Morgan fingerprint density at radius 1 is 1.39 bits per heavy atom. The van der Waals surface area contributed by atoms with Crippen LogP contribution in [0.5, 0.6) is 0 Å². The molecule has 0 unspecified atom stereocenters. The molecule has 0 radical (unpaired) electrons. The van der Waals surface area contributed by atoms with Gasteiger partial charge in [-0.3, -0.25) is 4.79 Å². The number of carbonyl (C=O) groups is 1. The van der Waals surface area contributed by atoms with Gasteiger partial charge in [-0.05, 0) is 6.42 Å². The Labute approximate surface area is 102 Å². The summed E-state index contributed by atoms with van der Waals surface area (Å²) in [4.78, 5) is 18.9. The van der Waals surface area contributed by atoms with Crippen LogP contribution in [0.1, 0.15) is 22.5 Å². The van der Waals surface area contributed by atoms with Crippen molar-refractivity contribution >= 4 is 15.6 Å². The SMILES string of the molecule is CS(=O)(=O)c1ncc2c(n1)C[C@H](C(F)F)CC2=O. The van der Waals surface area contributed by atoms with Gasteiger partial charge in [0.15, 0.2) is 5.78 Å². The van der Waals surface area contributed by atoms with E-state index in [2.05, 4.69) is 9.97 Å².